The standard InChI is InChI=1S/C22H27O5P/c1-3-5-15-26-19-13-9-7-11-17(19)21(23)28(25)22(24)18-12-8-10-14-20(18)27-16-6-4-2/h7-14,28H,3-6,15-16H2,1-2H3. The zero-order valence-corrected chi connectivity index (χ0v) is 17.4. The van der Waals surface area contributed by atoms with Crippen LogP contribution in [0.1, 0.15) is 60.2 Å². The molecule has 5 nitrogen and oxygen atoms in total. The first-order chi connectivity index (χ1) is 13.6. The van der Waals surface area contributed by atoms with Crippen LogP contribution < -0.4 is 9.47 Å². The van der Waals surface area contributed by atoms with Gasteiger partial charge in [-0.3, -0.25) is 9.59 Å². The van der Waals surface area contributed by atoms with Gasteiger partial charge in [0, 0.05) is 0 Å². The van der Waals surface area contributed by atoms with Crippen LogP contribution in [0.25, 0.3) is 0 Å². The third-order valence-electron chi connectivity index (χ3n) is 4.19. The number of rotatable bonds is 12. The average molecular weight is 402 g/mol. The van der Waals surface area contributed by atoms with Gasteiger partial charge >= 0.3 is 0 Å². The number of para-hydroxylation sites is 2. The van der Waals surface area contributed by atoms with Gasteiger partial charge in [-0.15, -0.1) is 0 Å². The highest BCUT2D eigenvalue weighted by Gasteiger charge is 2.27. The minimum absolute atomic E-state index is 0.181. The summed E-state index contributed by atoms with van der Waals surface area (Å²) in [6, 6.07) is 13.2. The van der Waals surface area contributed by atoms with Gasteiger partial charge in [0.15, 0.2) is 0 Å². The lowest BCUT2D eigenvalue weighted by Gasteiger charge is -2.12. The van der Waals surface area contributed by atoms with Gasteiger partial charge in [0.05, 0.1) is 24.3 Å². The van der Waals surface area contributed by atoms with Crippen LogP contribution in [-0.2, 0) is 4.57 Å². The molecule has 150 valence electrons. The van der Waals surface area contributed by atoms with Gasteiger partial charge in [-0.2, -0.15) is 0 Å². The lowest BCUT2D eigenvalue weighted by atomic mass is 10.2. The van der Waals surface area contributed by atoms with Crippen molar-refractivity contribution >= 4 is 18.8 Å². The highest BCUT2D eigenvalue weighted by molar-refractivity contribution is 7.80. The van der Waals surface area contributed by atoms with Crippen LogP contribution in [-0.4, -0.2) is 24.3 Å². The summed E-state index contributed by atoms with van der Waals surface area (Å²) < 4.78 is 24.1. The van der Waals surface area contributed by atoms with E-state index >= 15 is 0 Å². The molecule has 0 unspecified atom stereocenters. The maximum absolute atomic E-state index is 12.8. The minimum Gasteiger partial charge on any atom is -0.493 e. The first-order valence-electron chi connectivity index (χ1n) is 9.67. The van der Waals surface area contributed by atoms with Crippen molar-refractivity contribution in [2.45, 2.75) is 39.5 Å². The molecule has 0 bridgehead atoms. The van der Waals surface area contributed by atoms with Crippen LogP contribution in [0.4, 0.5) is 0 Å². The van der Waals surface area contributed by atoms with E-state index in [0.717, 1.165) is 25.7 Å². The Morgan fingerprint density at radius 3 is 1.54 bits per heavy atom. The molecule has 0 spiro atoms. The summed E-state index contributed by atoms with van der Waals surface area (Å²) in [7, 11) is -3.24. The quantitative estimate of drug-likeness (QED) is 0.342. The molecule has 0 N–H and O–H groups in total. The first-order valence-corrected chi connectivity index (χ1v) is 11.1. The maximum atomic E-state index is 12.8. The predicted octanol–water partition coefficient (Wildman–Crippen LogP) is 5.58. The zero-order chi connectivity index (χ0) is 20.4. The molecule has 0 atom stereocenters. The molecule has 2 aromatic rings. The normalized spacial score (nSPS) is 10.7. The molecule has 0 saturated heterocycles. The first kappa shape index (κ1) is 21.9. The molecule has 2 rings (SSSR count). The minimum atomic E-state index is -3.24. The van der Waals surface area contributed by atoms with Gasteiger partial charge in [0.1, 0.15) is 11.5 Å². The lowest BCUT2D eigenvalue weighted by Crippen LogP contribution is -2.07. The van der Waals surface area contributed by atoms with E-state index in [4.69, 9.17) is 9.47 Å². The van der Waals surface area contributed by atoms with Crippen LogP contribution in [0.3, 0.4) is 0 Å². The molecule has 0 aliphatic rings. The summed E-state index contributed by atoms with van der Waals surface area (Å²) in [5.74, 6) is 0.721. The third kappa shape index (κ3) is 5.80. The number of benzene rings is 2. The van der Waals surface area contributed by atoms with Crippen molar-refractivity contribution in [3.8, 4) is 11.5 Å². The Morgan fingerprint density at radius 1 is 0.750 bits per heavy atom. The Labute approximate surface area is 166 Å². The Morgan fingerprint density at radius 2 is 1.14 bits per heavy atom. The van der Waals surface area contributed by atoms with Gasteiger partial charge in [-0.25, -0.2) is 0 Å². The number of carbonyl (C=O) groups is 2. The van der Waals surface area contributed by atoms with E-state index in [2.05, 4.69) is 0 Å². The summed E-state index contributed by atoms with van der Waals surface area (Å²) in [5.41, 5.74) is -1.02. The highest BCUT2D eigenvalue weighted by Crippen LogP contribution is 2.37. The van der Waals surface area contributed by atoms with Gasteiger partial charge in [-0.1, -0.05) is 51.0 Å². The average Bonchev–Trinajstić information content (AvgIpc) is 2.73. The Balaban J connectivity index is 2.20. The molecule has 6 heteroatoms. The van der Waals surface area contributed by atoms with Crippen molar-refractivity contribution in [1.82, 2.24) is 0 Å². The number of unbranched alkanes of at least 4 members (excludes halogenated alkanes) is 2. The van der Waals surface area contributed by atoms with Crippen LogP contribution in [0.5, 0.6) is 11.5 Å². The van der Waals surface area contributed by atoms with Crippen molar-refractivity contribution in [1.29, 1.82) is 0 Å². The molecule has 0 saturated carbocycles. The van der Waals surface area contributed by atoms with Crippen molar-refractivity contribution < 1.29 is 23.6 Å². The molecule has 0 radical (unpaired) electrons. The van der Waals surface area contributed by atoms with Crippen molar-refractivity contribution in [3.63, 3.8) is 0 Å². The maximum Gasteiger partial charge on any atom is 0.229 e. The summed E-state index contributed by atoms with van der Waals surface area (Å²) in [6.45, 7) is 5.00. The monoisotopic (exact) mass is 402 g/mol. The Kier molecular flexibility index (Phi) is 8.96. The summed E-state index contributed by atoms with van der Waals surface area (Å²) >= 11 is 0. The number of ether oxygens (including phenoxy) is 2. The van der Waals surface area contributed by atoms with Crippen molar-refractivity contribution in [2.75, 3.05) is 13.2 Å². The van der Waals surface area contributed by atoms with Crippen LogP contribution in [0, 0.1) is 0 Å². The number of hydrogen-bond donors (Lipinski definition) is 0. The topological polar surface area (TPSA) is 69.7 Å². The van der Waals surface area contributed by atoms with E-state index < -0.39 is 18.8 Å². The number of carbonyl (C=O) groups excluding carboxylic acids is 2. The van der Waals surface area contributed by atoms with E-state index in [1.54, 1.807) is 48.5 Å². The highest BCUT2D eigenvalue weighted by atomic mass is 31.1. The van der Waals surface area contributed by atoms with Crippen LogP contribution >= 0.6 is 7.80 Å². The zero-order valence-electron chi connectivity index (χ0n) is 16.4. The fourth-order valence-electron chi connectivity index (χ4n) is 2.56. The molecule has 0 aliphatic heterocycles. The molecular formula is C22H27O5P. The molecular weight excluding hydrogens is 375 g/mol. The third-order valence-corrected chi connectivity index (χ3v) is 5.55. The second-order valence-electron chi connectivity index (χ2n) is 6.38. The van der Waals surface area contributed by atoms with Crippen LogP contribution in [0.2, 0.25) is 0 Å². The summed E-state index contributed by atoms with van der Waals surface area (Å²) in [5, 5.41) is 0. The van der Waals surface area contributed by atoms with Gasteiger partial charge < -0.3 is 14.0 Å². The molecule has 2 aromatic carbocycles. The Bertz CT molecular complexity index is 764. The fourth-order valence-corrected chi connectivity index (χ4v) is 3.67. The smallest absolute Gasteiger partial charge is 0.229 e. The number of hydrogen-bond acceptors (Lipinski definition) is 5. The van der Waals surface area contributed by atoms with E-state index in [1.807, 2.05) is 13.8 Å². The van der Waals surface area contributed by atoms with Gasteiger partial charge in [-0.05, 0) is 37.1 Å². The fraction of sp³-hybridized carbons (Fsp3) is 0.364. The largest absolute Gasteiger partial charge is 0.493 e. The van der Waals surface area contributed by atoms with Crippen LogP contribution in [0.15, 0.2) is 48.5 Å². The second-order valence-corrected chi connectivity index (χ2v) is 7.95. The lowest BCUT2D eigenvalue weighted by molar-refractivity contribution is 0.104. The van der Waals surface area contributed by atoms with Gasteiger partial charge in [0.25, 0.3) is 0 Å². The molecule has 0 aromatic heterocycles. The summed E-state index contributed by atoms with van der Waals surface area (Å²) in [4.78, 5) is 25.6. The predicted molar refractivity (Wildman–Crippen MR) is 111 cm³/mol. The van der Waals surface area contributed by atoms with E-state index in [1.165, 1.54) is 0 Å². The SMILES string of the molecule is CCCCOc1ccccc1C(=O)[PH](=O)C(=O)c1ccccc1OCCCC. The van der Waals surface area contributed by atoms with E-state index in [9.17, 15) is 14.2 Å². The molecule has 28 heavy (non-hydrogen) atoms. The van der Waals surface area contributed by atoms with Crippen molar-refractivity contribution in [2.24, 2.45) is 0 Å². The van der Waals surface area contributed by atoms with E-state index in [-0.39, 0.29) is 11.1 Å². The molecule has 0 heterocycles. The summed E-state index contributed by atoms with van der Waals surface area (Å²) in [6.07, 6.45) is 3.61. The molecule has 0 aliphatic carbocycles. The van der Waals surface area contributed by atoms with Gasteiger partial charge in [0.2, 0.25) is 18.8 Å². The van der Waals surface area contributed by atoms with Crippen molar-refractivity contribution in [3.05, 3.63) is 59.7 Å². The second kappa shape index (κ2) is 11.5. The van der Waals surface area contributed by atoms with E-state index in [0.29, 0.717) is 24.7 Å². The molecule has 0 fully saturated rings. The molecule has 0 amide bonds. The Hall–Kier alpha value is -2.39.